The predicted octanol–water partition coefficient (Wildman–Crippen LogP) is 4.89. The van der Waals surface area contributed by atoms with Gasteiger partial charge in [-0.15, -0.1) is 6.58 Å². The number of hydrogen-bond donors (Lipinski definition) is 1. The maximum Gasteiger partial charge on any atom is 0.336 e. The Morgan fingerprint density at radius 1 is 1.21 bits per heavy atom. The molecular weight excluding hydrogens is 428 g/mol. The second-order valence-electron chi connectivity index (χ2n) is 8.63. The van der Waals surface area contributed by atoms with Crippen LogP contribution in [0.5, 0.6) is 5.75 Å². The van der Waals surface area contributed by atoms with Gasteiger partial charge in [-0.2, -0.15) is 0 Å². The number of esters is 1. The van der Waals surface area contributed by atoms with Crippen molar-refractivity contribution in [2.75, 3.05) is 6.54 Å². The van der Waals surface area contributed by atoms with Gasteiger partial charge in [0.2, 0.25) is 5.91 Å². The van der Waals surface area contributed by atoms with Gasteiger partial charge >= 0.3 is 5.97 Å². The Morgan fingerprint density at radius 2 is 1.94 bits per heavy atom. The van der Waals surface area contributed by atoms with Crippen molar-refractivity contribution in [2.45, 2.75) is 65.5 Å². The Kier molecular flexibility index (Phi) is 12.2. The molecule has 0 bridgehead atoms. The highest BCUT2D eigenvalue weighted by Gasteiger charge is 2.32. The van der Waals surface area contributed by atoms with Crippen molar-refractivity contribution in [3.63, 3.8) is 0 Å². The largest absolute Gasteiger partial charge is 0.423 e. The quantitative estimate of drug-likeness (QED) is 0.134. The lowest BCUT2D eigenvalue weighted by Crippen LogP contribution is -2.49. The lowest BCUT2D eigenvalue weighted by Gasteiger charge is -2.32. The maximum absolute atomic E-state index is 13.3. The number of carbonyl (C=O) groups excluding carboxylic acids is 3. The van der Waals surface area contributed by atoms with Crippen LogP contribution in [-0.2, 0) is 14.4 Å². The van der Waals surface area contributed by atoms with Crippen molar-refractivity contribution in [1.82, 2.24) is 10.2 Å². The molecule has 1 aromatic carbocycles. The van der Waals surface area contributed by atoms with Gasteiger partial charge in [0.25, 0.3) is 5.91 Å². The molecule has 0 aromatic heterocycles. The standard InChI is InChI=1S/C28H36N2O4/c1-7-10-12-14-19-25(32)34-23-17-15-16-22(21-23)26(27(33)29-28(4,5)6)30(20-9-3)24(31)18-13-11-8-2/h9-10,12,14-17,19,21,26H,3,7-8,11,20H2,1-2,4-6H3,(H,29,33)/b12-10+,19-14+. The Hall–Kier alpha value is -3.59. The molecule has 0 heterocycles. The molecule has 0 fully saturated rings. The SMILES string of the molecule is C=CCN(C(=O)C#CCCC)C(C(=O)NC(C)(C)C)c1cccc(OC(=O)/C=C/C=C/CC)c1. The van der Waals surface area contributed by atoms with Gasteiger partial charge in [0.1, 0.15) is 11.8 Å². The fourth-order valence-corrected chi connectivity index (χ4v) is 2.94. The lowest BCUT2D eigenvalue weighted by atomic mass is 10.0. The zero-order chi connectivity index (χ0) is 25.6. The van der Waals surface area contributed by atoms with Gasteiger partial charge in [0.05, 0.1) is 0 Å². The molecule has 0 saturated carbocycles. The lowest BCUT2D eigenvalue weighted by molar-refractivity contribution is -0.137. The fraction of sp³-hybridized carbons (Fsp3) is 0.393. The molecule has 0 radical (unpaired) electrons. The van der Waals surface area contributed by atoms with Crippen molar-refractivity contribution in [2.24, 2.45) is 0 Å². The molecular formula is C28H36N2O4. The number of ether oxygens (including phenoxy) is 1. The van der Waals surface area contributed by atoms with Crippen LogP contribution in [0.1, 0.15) is 65.5 Å². The first-order valence-electron chi connectivity index (χ1n) is 11.5. The molecule has 1 unspecified atom stereocenters. The molecule has 0 aliphatic rings. The van der Waals surface area contributed by atoms with E-state index >= 15 is 0 Å². The number of carbonyl (C=O) groups is 3. The molecule has 0 aliphatic carbocycles. The summed E-state index contributed by atoms with van der Waals surface area (Å²) in [6.45, 7) is 13.4. The van der Waals surface area contributed by atoms with E-state index in [1.165, 1.54) is 11.0 Å². The van der Waals surface area contributed by atoms with E-state index in [2.05, 4.69) is 23.7 Å². The highest BCUT2D eigenvalue weighted by Crippen LogP contribution is 2.26. The normalized spacial score (nSPS) is 12.0. The molecule has 0 saturated heterocycles. The van der Waals surface area contributed by atoms with E-state index in [4.69, 9.17) is 4.74 Å². The first-order valence-corrected chi connectivity index (χ1v) is 11.5. The van der Waals surface area contributed by atoms with Crippen molar-refractivity contribution in [3.05, 3.63) is 66.8 Å². The Morgan fingerprint density at radius 3 is 2.56 bits per heavy atom. The van der Waals surface area contributed by atoms with Crippen LogP contribution in [-0.4, -0.2) is 34.8 Å². The number of hydrogen-bond acceptors (Lipinski definition) is 4. The number of unbranched alkanes of at least 4 members (excludes halogenated alkanes) is 1. The molecule has 1 aromatic rings. The van der Waals surface area contributed by atoms with Crippen LogP contribution >= 0.6 is 0 Å². The maximum atomic E-state index is 13.3. The first-order chi connectivity index (χ1) is 16.1. The van der Waals surface area contributed by atoms with Crippen molar-refractivity contribution >= 4 is 17.8 Å². The topological polar surface area (TPSA) is 75.7 Å². The third kappa shape index (κ3) is 10.4. The van der Waals surface area contributed by atoms with E-state index in [1.807, 2.05) is 40.7 Å². The van der Waals surface area contributed by atoms with Crippen molar-refractivity contribution in [3.8, 4) is 17.6 Å². The number of allylic oxidation sites excluding steroid dienone is 3. The number of rotatable bonds is 10. The molecule has 0 spiro atoms. The smallest absolute Gasteiger partial charge is 0.336 e. The summed E-state index contributed by atoms with van der Waals surface area (Å²) in [6, 6.07) is 5.62. The van der Waals surface area contributed by atoms with Crippen LogP contribution in [0.25, 0.3) is 0 Å². The van der Waals surface area contributed by atoms with Gasteiger partial charge < -0.3 is 15.0 Å². The summed E-state index contributed by atoms with van der Waals surface area (Å²) in [5.74, 6) is 4.35. The summed E-state index contributed by atoms with van der Waals surface area (Å²) in [5.41, 5.74) is -0.0260. The molecule has 6 nitrogen and oxygen atoms in total. The van der Waals surface area contributed by atoms with Crippen LogP contribution in [0.4, 0.5) is 0 Å². The van der Waals surface area contributed by atoms with Crippen LogP contribution in [0.15, 0.2) is 61.2 Å². The Bertz CT molecular complexity index is 974. The van der Waals surface area contributed by atoms with Gasteiger partial charge in [0.15, 0.2) is 0 Å². The Labute approximate surface area is 203 Å². The van der Waals surface area contributed by atoms with Crippen LogP contribution in [0.2, 0.25) is 0 Å². The summed E-state index contributed by atoms with van der Waals surface area (Å²) < 4.78 is 5.40. The summed E-state index contributed by atoms with van der Waals surface area (Å²) in [4.78, 5) is 39.8. The minimum Gasteiger partial charge on any atom is -0.423 e. The molecule has 6 heteroatoms. The number of amides is 2. The molecule has 0 aliphatic heterocycles. The average molecular weight is 465 g/mol. The minimum atomic E-state index is -0.984. The Balaban J connectivity index is 3.36. The summed E-state index contributed by atoms with van der Waals surface area (Å²) >= 11 is 0. The second-order valence-corrected chi connectivity index (χ2v) is 8.63. The fourth-order valence-electron chi connectivity index (χ4n) is 2.94. The molecule has 1 N–H and O–H groups in total. The predicted molar refractivity (Wildman–Crippen MR) is 136 cm³/mol. The highest BCUT2D eigenvalue weighted by atomic mass is 16.5. The second kappa shape index (κ2) is 14.5. The molecule has 182 valence electrons. The van der Waals surface area contributed by atoms with Crippen molar-refractivity contribution < 1.29 is 19.1 Å². The van der Waals surface area contributed by atoms with Gasteiger partial charge in [-0.25, -0.2) is 4.79 Å². The van der Waals surface area contributed by atoms with E-state index < -0.39 is 23.5 Å². The van der Waals surface area contributed by atoms with E-state index in [-0.39, 0.29) is 18.2 Å². The molecule has 34 heavy (non-hydrogen) atoms. The highest BCUT2D eigenvalue weighted by molar-refractivity contribution is 5.97. The number of nitrogens with one attached hydrogen (secondary N) is 1. The summed E-state index contributed by atoms with van der Waals surface area (Å²) in [6.07, 6.45) is 10.4. The van der Waals surface area contributed by atoms with E-state index in [0.29, 0.717) is 12.0 Å². The molecule has 1 atom stereocenters. The van der Waals surface area contributed by atoms with Gasteiger partial charge in [0, 0.05) is 24.6 Å². The number of benzene rings is 1. The van der Waals surface area contributed by atoms with Gasteiger partial charge in [-0.05, 0) is 57.2 Å². The van der Waals surface area contributed by atoms with Crippen LogP contribution in [0, 0.1) is 11.8 Å². The summed E-state index contributed by atoms with van der Waals surface area (Å²) in [5, 5.41) is 2.94. The van der Waals surface area contributed by atoms with Crippen LogP contribution < -0.4 is 10.1 Å². The van der Waals surface area contributed by atoms with Crippen molar-refractivity contribution in [1.29, 1.82) is 0 Å². The van der Waals surface area contributed by atoms with Crippen LogP contribution in [0.3, 0.4) is 0 Å². The minimum absolute atomic E-state index is 0.123. The molecule has 2 amide bonds. The van der Waals surface area contributed by atoms with E-state index in [1.54, 1.807) is 42.5 Å². The first kappa shape index (κ1) is 28.4. The van der Waals surface area contributed by atoms with E-state index in [0.717, 1.165) is 12.8 Å². The number of nitrogens with zero attached hydrogens (tertiary/aromatic N) is 1. The van der Waals surface area contributed by atoms with E-state index in [9.17, 15) is 14.4 Å². The third-order valence-electron chi connectivity index (χ3n) is 4.32. The zero-order valence-electron chi connectivity index (χ0n) is 20.9. The van der Waals surface area contributed by atoms with Gasteiger partial charge in [-0.3, -0.25) is 9.59 Å². The average Bonchev–Trinajstić information content (AvgIpc) is 2.75. The zero-order valence-corrected chi connectivity index (χ0v) is 20.9. The summed E-state index contributed by atoms with van der Waals surface area (Å²) in [7, 11) is 0. The monoisotopic (exact) mass is 464 g/mol. The third-order valence-corrected chi connectivity index (χ3v) is 4.32. The van der Waals surface area contributed by atoms with Gasteiger partial charge in [-0.1, -0.05) is 56.2 Å². The molecule has 1 rings (SSSR count).